The minimum absolute atomic E-state index is 0.355. The molecule has 18 heavy (non-hydrogen) atoms. The van der Waals surface area contributed by atoms with Crippen molar-refractivity contribution in [2.45, 2.75) is 26.8 Å². The zero-order valence-electron chi connectivity index (χ0n) is 10.7. The number of rotatable bonds is 4. The molecule has 3 heteroatoms. The molecule has 0 atom stereocenters. The van der Waals surface area contributed by atoms with Crippen LogP contribution in [0.4, 0.5) is 0 Å². The summed E-state index contributed by atoms with van der Waals surface area (Å²) in [6.07, 6.45) is 0.845. The van der Waals surface area contributed by atoms with Gasteiger partial charge in [-0.15, -0.1) is 0 Å². The summed E-state index contributed by atoms with van der Waals surface area (Å²) in [5, 5.41) is 8.94. The van der Waals surface area contributed by atoms with E-state index in [9.17, 15) is 4.79 Å². The summed E-state index contributed by atoms with van der Waals surface area (Å²) in [5.41, 5.74) is 3.89. The average molecular weight is 243 g/mol. The normalized spacial score (nSPS) is 10.6. The van der Waals surface area contributed by atoms with Crippen molar-refractivity contribution in [2.75, 3.05) is 0 Å². The van der Waals surface area contributed by atoms with Crippen LogP contribution >= 0.6 is 0 Å². The zero-order valence-corrected chi connectivity index (χ0v) is 10.7. The molecule has 0 bridgehead atoms. The van der Waals surface area contributed by atoms with Crippen LogP contribution in [-0.2, 0) is 13.0 Å². The lowest BCUT2D eigenvalue weighted by Crippen LogP contribution is -2.05. The Morgan fingerprint density at radius 1 is 1.17 bits per heavy atom. The highest BCUT2D eigenvalue weighted by molar-refractivity contribution is 5.87. The van der Waals surface area contributed by atoms with E-state index in [0.29, 0.717) is 5.56 Å². The SMILES string of the molecule is Cc1ccc(C)n1CCc1cccc(C(=O)O)c1. The number of nitrogens with zero attached hydrogens (tertiary/aromatic N) is 1. The van der Waals surface area contributed by atoms with Crippen LogP contribution in [0.1, 0.15) is 27.3 Å². The van der Waals surface area contributed by atoms with Crippen molar-refractivity contribution in [3.8, 4) is 0 Å². The largest absolute Gasteiger partial charge is 0.478 e. The summed E-state index contributed by atoms with van der Waals surface area (Å²) in [6, 6.07) is 11.3. The quantitative estimate of drug-likeness (QED) is 0.896. The van der Waals surface area contributed by atoms with Crippen molar-refractivity contribution >= 4 is 5.97 Å². The Labute approximate surface area is 107 Å². The molecule has 0 amide bonds. The van der Waals surface area contributed by atoms with Gasteiger partial charge < -0.3 is 9.67 Å². The molecular weight excluding hydrogens is 226 g/mol. The second-order valence-electron chi connectivity index (χ2n) is 4.52. The van der Waals surface area contributed by atoms with Crippen molar-refractivity contribution < 1.29 is 9.90 Å². The molecule has 0 radical (unpaired) electrons. The van der Waals surface area contributed by atoms with Gasteiger partial charge in [-0.2, -0.15) is 0 Å². The van der Waals surface area contributed by atoms with Gasteiger partial charge in [-0.1, -0.05) is 12.1 Å². The highest BCUT2D eigenvalue weighted by atomic mass is 16.4. The summed E-state index contributed by atoms with van der Waals surface area (Å²) in [7, 11) is 0. The molecule has 94 valence electrons. The van der Waals surface area contributed by atoms with E-state index in [1.165, 1.54) is 11.4 Å². The van der Waals surface area contributed by atoms with Gasteiger partial charge in [-0.3, -0.25) is 0 Å². The molecule has 1 N–H and O–H groups in total. The zero-order chi connectivity index (χ0) is 13.1. The summed E-state index contributed by atoms with van der Waals surface area (Å²) in [6.45, 7) is 5.05. The monoisotopic (exact) mass is 243 g/mol. The third-order valence-corrected chi connectivity index (χ3v) is 3.22. The van der Waals surface area contributed by atoms with Gasteiger partial charge in [-0.05, 0) is 50.1 Å². The number of carbonyl (C=O) groups is 1. The molecule has 0 aliphatic carbocycles. The Kier molecular flexibility index (Phi) is 3.51. The lowest BCUT2D eigenvalue weighted by atomic mass is 10.1. The van der Waals surface area contributed by atoms with E-state index < -0.39 is 5.97 Å². The van der Waals surface area contributed by atoms with Gasteiger partial charge in [0.1, 0.15) is 0 Å². The Bertz CT molecular complexity index is 550. The standard InChI is InChI=1S/C15H17NO2/c1-11-6-7-12(2)16(11)9-8-13-4-3-5-14(10-13)15(17)18/h3-7,10H,8-9H2,1-2H3,(H,17,18). The molecule has 3 nitrogen and oxygen atoms in total. The van der Waals surface area contributed by atoms with E-state index in [0.717, 1.165) is 18.5 Å². The van der Waals surface area contributed by atoms with Crippen LogP contribution in [-0.4, -0.2) is 15.6 Å². The molecule has 0 spiro atoms. The van der Waals surface area contributed by atoms with Crippen molar-refractivity contribution in [3.63, 3.8) is 0 Å². The highest BCUT2D eigenvalue weighted by Gasteiger charge is 2.05. The van der Waals surface area contributed by atoms with E-state index >= 15 is 0 Å². The molecule has 2 rings (SSSR count). The number of hydrogen-bond acceptors (Lipinski definition) is 1. The van der Waals surface area contributed by atoms with E-state index in [-0.39, 0.29) is 0 Å². The Hall–Kier alpha value is -2.03. The van der Waals surface area contributed by atoms with Crippen molar-refractivity contribution in [2.24, 2.45) is 0 Å². The molecule has 1 aromatic carbocycles. The fourth-order valence-electron chi connectivity index (χ4n) is 2.15. The number of carboxylic acid groups (broad SMARTS) is 1. The van der Waals surface area contributed by atoms with Crippen LogP contribution in [0.5, 0.6) is 0 Å². The van der Waals surface area contributed by atoms with Crippen molar-refractivity contribution in [1.82, 2.24) is 4.57 Å². The topological polar surface area (TPSA) is 42.2 Å². The Morgan fingerprint density at radius 3 is 2.44 bits per heavy atom. The molecule has 2 aromatic rings. The van der Waals surface area contributed by atoms with Gasteiger partial charge in [0.2, 0.25) is 0 Å². The van der Waals surface area contributed by atoms with E-state index in [1.807, 2.05) is 6.07 Å². The summed E-state index contributed by atoms with van der Waals surface area (Å²) >= 11 is 0. The molecule has 1 heterocycles. The number of aryl methyl sites for hydroxylation is 3. The lowest BCUT2D eigenvalue weighted by Gasteiger charge is -2.09. The van der Waals surface area contributed by atoms with Crippen LogP contribution in [0, 0.1) is 13.8 Å². The van der Waals surface area contributed by atoms with E-state index in [4.69, 9.17) is 5.11 Å². The molecular formula is C15H17NO2. The predicted octanol–water partition coefficient (Wildman–Crippen LogP) is 3.05. The third-order valence-electron chi connectivity index (χ3n) is 3.22. The number of benzene rings is 1. The summed E-state index contributed by atoms with van der Waals surface area (Å²) in [4.78, 5) is 10.9. The van der Waals surface area contributed by atoms with Gasteiger partial charge in [0.05, 0.1) is 5.56 Å². The van der Waals surface area contributed by atoms with Crippen LogP contribution in [0.25, 0.3) is 0 Å². The molecule has 0 saturated carbocycles. The van der Waals surface area contributed by atoms with Gasteiger partial charge >= 0.3 is 5.97 Å². The molecule has 0 fully saturated rings. The van der Waals surface area contributed by atoms with Gasteiger partial charge in [0, 0.05) is 17.9 Å². The maximum atomic E-state index is 10.9. The average Bonchev–Trinajstić information content (AvgIpc) is 2.67. The van der Waals surface area contributed by atoms with E-state index in [1.54, 1.807) is 18.2 Å². The van der Waals surface area contributed by atoms with Gasteiger partial charge in [-0.25, -0.2) is 4.79 Å². The molecule has 0 unspecified atom stereocenters. The fourth-order valence-corrected chi connectivity index (χ4v) is 2.15. The first-order chi connectivity index (χ1) is 8.58. The minimum Gasteiger partial charge on any atom is -0.478 e. The first-order valence-electron chi connectivity index (χ1n) is 6.03. The van der Waals surface area contributed by atoms with Gasteiger partial charge in [0.15, 0.2) is 0 Å². The van der Waals surface area contributed by atoms with Crippen LogP contribution in [0.3, 0.4) is 0 Å². The minimum atomic E-state index is -0.870. The number of aromatic nitrogens is 1. The second kappa shape index (κ2) is 5.08. The first kappa shape index (κ1) is 12.4. The molecule has 1 aromatic heterocycles. The molecule has 0 saturated heterocycles. The summed E-state index contributed by atoms with van der Waals surface area (Å²) in [5.74, 6) is -0.870. The number of hydrogen-bond donors (Lipinski definition) is 1. The maximum absolute atomic E-state index is 10.9. The Balaban J connectivity index is 2.11. The Morgan fingerprint density at radius 2 is 1.83 bits per heavy atom. The van der Waals surface area contributed by atoms with E-state index in [2.05, 4.69) is 30.5 Å². The van der Waals surface area contributed by atoms with Crippen molar-refractivity contribution in [3.05, 3.63) is 58.9 Å². The first-order valence-corrected chi connectivity index (χ1v) is 6.03. The van der Waals surface area contributed by atoms with Gasteiger partial charge in [0.25, 0.3) is 0 Å². The smallest absolute Gasteiger partial charge is 0.335 e. The van der Waals surface area contributed by atoms with Crippen LogP contribution < -0.4 is 0 Å². The maximum Gasteiger partial charge on any atom is 0.335 e. The highest BCUT2D eigenvalue weighted by Crippen LogP contribution is 2.11. The lowest BCUT2D eigenvalue weighted by molar-refractivity contribution is 0.0696. The fraction of sp³-hybridized carbons (Fsp3) is 0.267. The van der Waals surface area contributed by atoms with Crippen LogP contribution in [0.2, 0.25) is 0 Å². The second-order valence-corrected chi connectivity index (χ2v) is 4.52. The number of aromatic carboxylic acids is 1. The predicted molar refractivity (Wildman–Crippen MR) is 71.0 cm³/mol. The van der Waals surface area contributed by atoms with Crippen molar-refractivity contribution in [1.29, 1.82) is 0 Å². The molecule has 0 aliphatic rings. The number of carboxylic acids is 1. The molecule has 0 aliphatic heterocycles. The summed E-state index contributed by atoms with van der Waals surface area (Å²) < 4.78 is 2.24. The van der Waals surface area contributed by atoms with Crippen LogP contribution in [0.15, 0.2) is 36.4 Å². The third kappa shape index (κ3) is 2.62.